The summed E-state index contributed by atoms with van der Waals surface area (Å²) in [7, 11) is 0. The highest BCUT2D eigenvalue weighted by atomic mass is 15.0. The Labute approximate surface area is 108 Å². The molecule has 1 aromatic carbocycles. The quantitative estimate of drug-likeness (QED) is 0.845. The van der Waals surface area contributed by atoms with E-state index in [1.165, 1.54) is 11.1 Å². The van der Waals surface area contributed by atoms with E-state index in [4.69, 9.17) is 5.73 Å². The monoisotopic (exact) mass is 241 g/mol. The summed E-state index contributed by atoms with van der Waals surface area (Å²) in [5.74, 6) is 0.918. The summed E-state index contributed by atoms with van der Waals surface area (Å²) >= 11 is 0. The van der Waals surface area contributed by atoms with Gasteiger partial charge in [0.2, 0.25) is 0 Å². The number of pyridine rings is 1. The van der Waals surface area contributed by atoms with Crippen LogP contribution >= 0.6 is 0 Å². The van der Waals surface area contributed by atoms with Crippen LogP contribution in [0.15, 0.2) is 42.5 Å². The molecule has 0 fully saturated rings. The van der Waals surface area contributed by atoms with Crippen molar-refractivity contribution in [1.82, 2.24) is 4.98 Å². The second-order valence-corrected chi connectivity index (χ2v) is 4.37. The predicted molar refractivity (Wildman–Crippen MR) is 75.5 cm³/mol. The van der Waals surface area contributed by atoms with Gasteiger partial charge in [-0.3, -0.25) is 0 Å². The highest BCUT2D eigenvalue weighted by Gasteiger charge is 1.96. The van der Waals surface area contributed by atoms with Crippen molar-refractivity contribution in [2.24, 2.45) is 5.73 Å². The van der Waals surface area contributed by atoms with Gasteiger partial charge in [0.15, 0.2) is 0 Å². The molecule has 0 radical (unpaired) electrons. The second kappa shape index (κ2) is 6.17. The third-order valence-corrected chi connectivity index (χ3v) is 2.82. The maximum atomic E-state index is 5.53. The van der Waals surface area contributed by atoms with Crippen LogP contribution in [0.3, 0.4) is 0 Å². The molecule has 0 aliphatic carbocycles. The van der Waals surface area contributed by atoms with Crippen molar-refractivity contribution in [3.63, 3.8) is 0 Å². The van der Waals surface area contributed by atoms with E-state index >= 15 is 0 Å². The van der Waals surface area contributed by atoms with Gasteiger partial charge < -0.3 is 11.1 Å². The molecule has 94 valence electrons. The molecule has 1 aromatic heterocycles. The van der Waals surface area contributed by atoms with Gasteiger partial charge >= 0.3 is 0 Å². The van der Waals surface area contributed by atoms with Gasteiger partial charge in [-0.1, -0.05) is 30.3 Å². The second-order valence-electron chi connectivity index (χ2n) is 4.37. The Kier molecular flexibility index (Phi) is 4.31. The summed E-state index contributed by atoms with van der Waals surface area (Å²) in [6.07, 6.45) is 0.938. The molecule has 0 aliphatic heterocycles. The minimum atomic E-state index is 0.699. The van der Waals surface area contributed by atoms with Crippen molar-refractivity contribution in [3.05, 3.63) is 59.3 Å². The minimum absolute atomic E-state index is 0.699. The predicted octanol–water partition coefficient (Wildman–Crippen LogP) is 2.50. The van der Waals surface area contributed by atoms with Crippen molar-refractivity contribution >= 4 is 5.82 Å². The van der Waals surface area contributed by atoms with E-state index in [0.717, 1.165) is 24.5 Å². The normalized spacial score (nSPS) is 10.3. The lowest BCUT2D eigenvalue weighted by Crippen LogP contribution is -2.04. The Morgan fingerprint density at radius 3 is 2.44 bits per heavy atom. The molecule has 3 N–H and O–H groups in total. The van der Waals surface area contributed by atoms with E-state index in [9.17, 15) is 0 Å². The lowest BCUT2D eigenvalue weighted by atomic mass is 10.1. The number of nitrogens with zero attached hydrogens (tertiary/aromatic N) is 1. The fraction of sp³-hybridized carbons (Fsp3) is 0.267. The van der Waals surface area contributed by atoms with E-state index in [0.29, 0.717) is 6.54 Å². The van der Waals surface area contributed by atoms with E-state index in [2.05, 4.69) is 34.6 Å². The van der Waals surface area contributed by atoms with Gasteiger partial charge in [0, 0.05) is 12.2 Å². The molecule has 1 heterocycles. The molecule has 0 saturated heterocycles. The minimum Gasteiger partial charge on any atom is -0.366 e. The van der Waals surface area contributed by atoms with Crippen LogP contribution in [0.1, 0.15) is 16.8 Å². The number of nitrogens with two attached hydrogens (primary N) is 1. The number of hydrogen-bond donors (Lipinski definition) is 2. The highest BCUT2D eigenvalue weighted by Crippen LogP contribution is 2.09. The number of aryl methyl sites for hydroxylation is 1. The smallest absolute Gasteiger partial charge is 0.126 e. The molecule has 3 nitrogen and oxygen atoms in total. The summed E-state index contributed by atoms with van der Waals surface area (Å²) in [6.45, 7) is 3.48. The van der Waals surface area contributed by atoms with Gasteiger partial charge in [-0.15, -0.1) is 0 Å². The first-order valence-electron chi connectivity index (χ1n) is 6.23. The van der Waals surface area contributed by atoms with Gasteiger partial charge in [-0.05, 0) is 43.1 Å². The zero-order valence-electron chi connectivity index (χ0n) is 10.7. The number of aromatic nitrogens is 1. The molecule has 0 aliphatic rings. The number of nitrogens with one attached hydrogen (secondary N) is 1. The maximum Gasteiger partial charge on any atom is 0.126 e. The van der Waals surface area contributed by atoms with Crippen LogP contribution in [0.5, 0.6) is 0 Å². The molecule has 0 unspecified atom stereocenters. The number of anilines is 1. The van der Waals surface area contributed by atoms with Crippen LogP contribution in [-0.4, -0.2) is 11.5 Å². The summed E-state index contributed by atoms with van der Waals surface area (Å²) in [5, 5.41) is 3.32. The van der Waals surface area contributed by atoms with Crippen molar-refractivity contribution in [2.45, 2.75) is 19.9 Å². The SMILES string of the molecule is Cc1cccc(NCc2ccc(CCN)cc2)n1. The number of hydrogen-bond acceptors (Lipinski definition) is 3. The largest absolute Gasteiger partial charge is 0.366 e. The lowest BCUT2D eigenvalue weighted by Gasteiger charge is -2.07. The van der Waals surface area contributed by atoms with Gasteiger partial charge in [0.1, 0.15) is 5.82 Å². The molecular weight excluding hydrogens is 222 g/mol. The fourth-order valence-corrected chi connectivity index (χ4v) is 1.82. The molecule has 18 heavy (non-hydrogen) atoms. The van der Waals surface area contributed by atoms with Gasteiger partial charge in [0.25, 0.3) is 0 Å². The summed E-state index contributed by atoms with van der Waals surface area (Å²) < 4.78 is 0. The summed E-state index contributed by atoms with van der Waals surface area (Å²) in [5.41, 5.74) is 9.09. The Balaban J connectivity index is 1.93. The van der Waals surface area contributed by atoms with Crippen molar-refractivity contribution < 1.29 is 0 Å². The average Bonchev–Trinajstić information content (AvgIpc) is 2.38. The molecule has 0 atom stereocenters. The van der Waals surface area contributed by atoms with Crippen molar-refractivity contribution in [3.8, 4) is 0 Å². The third kappa shape index (κ3) is 3.57. The van der Waals surface area contributed by atoms with Crippen LogP contribution in [0.2, 0.25) is 0 Å². The van der Waals surface area contributed by atoms with Crippen LogP contribution in [0.4, 0.5) is 5.82 Å². The Morgan fingerprint density at radius 1 is 1.06 bits per heavy atom. The Hall–Kier alpha value is -1.87. The fourth-order valence-electron chi connectivity index (χ4n) is 1.82. The molecule has 0 spiro atoms. The average molecular weight is 241 g/mol. The summed E-state index contributed by atoms with van der Waals surface area (Å²) in [6, 6.07) is 14.5. The van der Waals surface area contributed by atoms with Gasteiger partial charge in [-0.25, -0.2) is 4.98 Å². The Bertz CT molecular complexity index is 491. The van der Waals surface area contributed by atoms with Crippen LogP contribution in [0, 0.1) is 6.92 Å². The molecule has 3 heteroatoms. The standard InChI is InChI=1S/C15H19N3/c1-12-3-2-4-15(18-12)17-11-14-7-5-13(6-8-14)9-10-16/h2-8H,9-11,16H2,1H3,(H,17,18). The van der Waals surface area contributed by atoms with Crippen molar-refractivity contribution in [2.75, 3.05) is 11.9 Å². The molecule has 2 rings (SSSR count). The molecule has 0 amide bonds. The molecule has 0 saturated carbocycles. The zero-order valence-corrected chi connectivity index (χ0v) is 10.7. The van der Waals surface area contributed by atoms with Gasteiger partial charge in [0.05, 0.1) is 0 Å². The van der Waals surface area contributed by atoms with Gasteiger partial charge in [-0.2, -0.15) is 0 Å². The molecule has 0 bridgehead atoms. The molecular formula is C15H19N3. The first-order valence-corrected chi connectivity index (χ1v) is 6.23. The summed E-state index contributed by atoms with van der Waals surface area (Å²) in [4.78, 5) is 4.41. The molecule has 2 aromatic rings. The van der Waals surface area contributed by atoms with E-state index in [1.807, 2.05) is 25.1 Å². The van der Waals surface area contributed by atoms with Crippen molar-refractivity contribution in [1.29, 1.82) is 0 Å². The maximum absolute atomic E-state index is 5.53. The van der Waals surface area contributed by atoms with Crippen LogP contribution < -0.4 is 11.1 Å². The highest BCUT2D eigenvalue weighted by molar-refractivity contribution is 5.36. The van der Waals surface area contributed by atoms with E-state index in [1.54, 1.807) is 0 Å². The van der Waals surface area contributed by atoms with Crippen LogP contribution in [0.25, 0.3) is 0 Å². The number of rotatable bonds is 5. The van der Waals surface area contributed by atoms with E-state index < -0.39 is 0 Å². The van der Waals surface area contributed by atoms with Crippen LogP contribution in [-0.2, 0) is 13.0 Å². The third-order valence-electron chi connectivity index (χ3n) is 2.82. The van der Waals surface area contributed by atoms with E-state index in [-0.39, 0.29) is 0 Å². The number of benzene rings is 1. The Morgan fingerprint density at radius 2 is 1.78 bits per heavy atom. The first-order chi connectivity index (χ1) is 8.78. The zero-order chi connectivity index (χ0) is 12.8. The lowest BCUT2D eigenvalue weighted by molar-refractivity contribution is 0.965. The first kappa shape index (κ1) is 12.6. The topological polar surface area (TPSA) is 50.9 Å².